The first kappa shape index (κ1) is 35.0. The molecule has 12 heteroatoms. The summed E-state index contributed by atoms with van der Waals surface area (Å²) in [6, 6.07) is -1.71. The number of carbonyl (C=O) groups excluding carboxylic acids is 6. The number of primary amides is 1. The average Bonchev–Trinajstić information content (AvgIpc) is 3.87. The number of nitrogens with one attached hydrogen (secondary N) is 3. The van der Waals surface area contributed by atoms with E-state index in [1.807, 2.05) is 46.4 Å². The minimum atomic E-state index is -1.08. The van der Waals surface area contributed by atoms with Crippen LogP contribution in [0.4, 0.5) is 4.79 Å². The van der Waals surface area contributed by atoms with E-state index in [2.05, 4.69) is 16.0 Å². The van der Waals surface area contributed by atoms with Crippen molar-refractivity contribution in [1.29, 1.82) is 0 Å². The first-order valence-electron chi connectivity index (χ1n) is 15.3. The van der Waals surface area contributed by atoms with Crippen LogP contribution in [0, 0.1) is 17.3 Å². The van der Waals surface area contributed by atoms with Crippen molar-refractivity contribution < 1.29 is 33.5 Å². The maximum Gasteiger partial charge on any atom is 0.331 e. The zero-order valence-corrected chi connectivity index (χ0v) is 26.1. The van der Waals surface area contributed by atoms with Crippen molar-refractivity contribution in [3.05, 3.63) is 0 Å². The highest BCUT2D eigenvalue weighted by Gasteiger charge is 2.42. The first-order valence-corrected chi connectivity index (χ1v) is 15.3. The van der Waals surface area contributed by atoms with Crippen LogP contribution in [-0.4, -0.2) is 77.7 Å². The Labute approximate surface area is 249 Å². The molecule has 5 amide bonds. The molecule has 2 saturated carbocycles. The molecule has 5 N–H and O–H groups in total. The molecule has 1 saturated heterocycles. The minimum Gasteiger partial charge on any atom is -0.464 e. The van der Waals surface area contributed by atoms with Crippen LogP contribution < -0.4 is 21.7 Å². The highest BCUT2D eigenvalue weighted by atomic mass is 16.5. The van der Waals surface area contributed by atoms with Gasteiger partial charge in [0.15, 0.2) is 0 Å². The van der Waals surface area contributed by atoms with E-state index in [0.717, 1.165) is 45.1 Å². The van der Waals surface area contributed by atoms with Crippen LogP contribution in [-0.2, 0) is 28.7 Å². The second kappa shape index (κ2) is 15.3. The lowest BCUT2D eigenvalue weighted by atomic mass is 9.85. The van der Waals surface area contributed by atoms with E-state index in [-0.39, 0.29) is 11.9 Å². The molecule has 0 spiro atoms. The molecule has 0 aromatic heterocycles. The van der Waals surface area contributed by atoms with E-state index < -0.39 is 46.7 Å². The Morgan fingerprint density at radius 3 is 2.02 bits per heavy atom. The van der Waals surface area contributed by atoms with Crippen molar-refractivity contribution in [1.82, 2.24) is 20.9 Å². The number of urea groups is 1. The minimum absolute atomic E-state index is 0.0624. The predicted molar refractivity (Wildman–Crippen MR) is 157 cm³/mol. The quantitative estimate of drug-likeness (QED) is 0.135. The van der Waals surface area contributed by atoms with Gasteiger partial charge in [-0.15, -0.1) is 0 Å². The summed E-state index contributed by atoms with van der Waals surface area (Å²) in [5.41, 5.74) is 3.29. The SMILES string of the molecule is CCC(CC)(NC(=O)NC(C(=O)N1CCCC1C)C(C)(C)C)C(=O)OCC1CC1.NC(=O)C(=O)C(CC1CC1)NC=O. The summed E-state index contributed by atoms with van der Waals surface area (Å²) >= 11 is 0. The number of Topliss-reactive ketones (excluding diaryl/α,β-unsaturated/α-hetero) is 1. The van der Waals surface area contributed by atoms with Gasteiger partial charge in [0.2, 0.25) is 18.1 Å². The van der Waals surface area contributed by atoms with Crippen LogP contribution in [0.25, 0.3) is 0 Å². The van der Waals surface area contributed by atoms with Crippen molar-refractivity contribution in [3.63, 3.8) is 0 Å². The molecule has 2 aliphatic carbocycles. The van der Waals surface area contributed by atoms with Gasteiger partial charge in [-0.1, -0.05) is 47.5 Å². The number of rotatable bonds is 14. The van der Waals surface area contributed by atoms with Crippen LogP contribution in [0.15, 0.2) is 0 Å². The molecule has 238 valence electrons. The van der Waals surface area contributed by atoms with Gasteiger partial charge in [0.25, 0.3) is 5.91 Å². The van der Waals surface area contributed by atoms with Crippen LogP contribution >= 0.6 is 0 Å². The van der Waals surface area contributed by atoms with Crippen LogP contribution in [0.5, 0.6) is 0 Å². The number of nitrogens with zero attached hydrogens (tertiary/aromatic N) is 1. The molecule has 0 bridgehead atoms. The lowest BCUT2D eigenvalue weighted by Gasteiger charge is -2.36. The number of carbonyl (C=O) groups is 6. The third kappa shape index (κ3) is 10.3. The molecule has 3 rings (SSSR count). The third-order valence-corrected chi connectivity index (χ3v) is 8.42. The normalized spacial score (nSPS) is 19.9. The van der Waals surface area contributed by atoms with Crippen molar-refractivity contribution in [3.8, 4) is 0 Å². The number of ketones is 1. The number of nitrogens with two attached hydrogens (primary N) is 1. The Hall–Kier alpha value is -3.18. The van der Waals surface area contributed by atoms with Crippen LogP contribution in [0.1, 0.15) is 99.3 Å². The van der Waals surface area contributed by atoms with Gasteiger partial charge < -0.3 is 31.3 Å². The van der Waals surface area contributed by atoms with E-state index in [0.29, 0.717) is 44.1 Å². The van der Waals surface area contributed by atoms with Gasteiger partial charge in [-0.2, -0.15) is 0 Å². The summed E-state index contributed by atoms with van der Waals surface area (Å²) in [5.74, 6) is -1.23. The number of ether oxygens (including phenoxy) is 1. The molecular formula is C30H51N5O7. The molecule has 0 aromatic carbocycles. The summed E-state index contributed by atoms with van der Waals surface area (Å²) in [4.78, 5) is 72.4. The fourth-order valence-electron chi connectivity index (χ4n) is 5.03. The summed E-state index contributed by atoms with van der Waals surface area (Å²) in [5, 5.41) is 8.00. The Morgan fingerprint density at radius 2 is 1.60 bits per heavy atom. The van der Waals surface area contributed by atoms with Crippen molar-refractivity contribution in [2.45, 2.75) is 123 Å². The standard InChI is InChI=1S/C22H39N3O4.C8H12N2O3/c1-7-22(8-2,19(27)29-14-16-11-12-16)24-20(28)23-17(21(4,5)6)18(26)25-13-9-10-15(25)3;9-8(13)7(12)6(10-4-11)3-5-1-2-5/h15-17H,7-14H2,1-6H3,(H2,23,24,28);4-6H,1-3H2,(H2,9,13)(H,10,11). The second-order valence-electron chi connectivity index (χ2n) is 13.0. The number of hydrogen-bond donors (Lipinski definition) is 4. The predicted octanol–water partition coefficient (Wildman–Crippen LogP) is 2.18. The zero-order chi connectivity index (χ0) is 31.7. The Balaban J connectivity index is 0.000000395. The fraction of sp³-hybridized carbons (Fsp3) is 0.800. The van der Waals surface area contributed by atoms with Crippen LogP contribution in [0.2, 0.25) is 0 Å². The largest absolute Gasteiger partial charge is 0.464 e. The smallest absolute Gasteiger partial charge is 0.331 e. The number of amides is 5. The maximum absolute atomic E-state index is 13.2. The fourth-order valence-corrected chi connectivity index (χ4v) is 5.03. The van der Waals surface area contributed by atoms with E-state index in [9.17, 15) is 28.8 Å². The number of hydrogen-bond acceptors (Lipinski definition) is 7. The maximum atomic E-state index is 13.2. The molecule has 12 nitrogen and oxygen atoms in total. The summed E-state index contributed by atoms with van der Waals surface area (Å²) < 4.78 is 5.47. The Bertz CT molecular complexity index is 983. The molecule has 3 fully saturated rings. The summed E-state index contributed by atoms with van der Waals surface area (Å²) in [6.45, 7) is 12.7. The lowest BCUT2D eigenvalue weighted by molar-refractivity contribution is -0.152. The van der Waals surface area contributed by atoms with Gasteiger partial charge >= 0.3 is 12.0 Å². The molecule has 0 radical (unpaired) electrons. The number of esters is 1. The average molecular weight is 594 g/mol. The Kier molecular flexibility index (Phi) is 12.8. The molecule has 1 heterocycles. The van der Waals surface area contributed by atoms with Crippen molar-refractivity contribution in [2.24, 2.45) is 23.0 Å². The van der Waals surface area contributed by atoms with Crippen molar-refractivity contribution in [2.75, 3.05) is 13.2 Å². The Morgan fingerprint density at radius 1 is 1.00 bits per heavy atom. The molecular weight excluding hydrogens is 542 g/mol. The van der Waals surface area contributed by atoms with Crippen LogP contribution in [0.3, 0.4) is 0 Å². The van der Waals surface area contributed by atoms with E-state index in [1.54, 1.807) is 0 Å². The van der Waals surface area contributed by atoms with E-state index >= 15 is 0 Å². The lowest BCUT2D eigenvalue weighted by Crippen LogP contribution is -2.62. The molecule has 1 aliphatic heterocycles. The second-order valence-corrected chi connectivity index (χ2v) is 13.0. The van der Waals surface area contributed by atoms with Crippen molar-refractivity contribution >= 4 is 36.0 Å². The van der Waals surface area contributed by atoms with Gasteiger partial charge in [0.05, 0.1) is 12.6 Å². The topological polar surface area (TPSA) is 177 Å². The molecule has 3 atom stereocenters. The van der Waals surface area contributed by atoms with Gasteiger partial charge in [0, 0.05) is 12.6 Å². The third-order valence-electron chi connectivity index (χ3n) is 8.42. The van der Waals surface area contributed by atoms with Gasteiger partial charge in [-0.3, -0.25) is 19.2 Å². The zero-order valence-electron chi connectivity index (χ0n) is 26.1. The highest BCUT2D eigenvalue weighted by molar-refractivity contribution is 6.37. The number of likely N-dealkylation sites (tertiary alicyclic amines) is 1. The first-order chi connectivity index (χ1) is 19.7. The van der Waals surface area contributed by atoms with E-state index in [4.69, 9.17) is 10.5 Å². The molecule has 3 aliphatic rings. The van der Waals surface area contributed by atoms with Gasteiger partial charge in [-0.05, 0) is 69.1 Å². The van der Waals surface area contributed by atoms with Gasteiger partial charge in [0.1, 0.15) is 11.6 Å². The molecule has 42 heavy (non-hydrogen) atoms. The van der Waals surface area contributed by atoms with E-state index in [1.165, 1.54) is 0 Å². The van der Waals surface area contributed by atoms with Gasteiger partial charge in [-0.25, -0.2) is 9.59 Å². The molecule has 3 unspecified atom stereocenters. The summed E-state index contributed by atoms with van der Waals surface area (Å²) in [6.07, 6.45) is 8.08. The highest BCUT2D eigenvalue weighted by Crippen LogP contribution is 2.33. The summed E-state index contributed by atoms with van der Waals surface area (Å²) in [7, 11) is 0. The monoisotopic (exact) mass is 593 g/mol. The molecule has 0 aromatic rings.